The van der Waals surface area contributed by atoms with E-state index in [1.807, 2.05) is 87.5 Å². The number of nitrogens with one attached hydrogen (secondary N) is 1. The van der Waals surface area contributed by atoms with Crippen LogP contribution in [0.15, 0.2) is 66.7 Å². The van der Waals surface area contributed by atoms with E-state index in [9.17, 15) is 9.59 Å². The molecule has 5 nitrogen and oxygen atoms in total. The highest BCUT2D eigenvalue weighted by molar-refractivity contribution is 5.90. The van der Waals surface area contributed by atoms with Gasteiger partial charge >= 0.3 is 0 Å². The number of amides is 2. The normalized spacial score (nSPS) is 12.8. The summed E-state index contributed by atoms with van der Waals surface area (Å²) in [5.74, 6) is 0.263. The van der Waals surface area contributed by atoms with E-state index in [0.717, 1.165) is 28.3 Å². The van der Waals surface area contributed by atoms with Crippen molar-refractivity contribution in [3.8, 4) is 5.75 Å². The van der Waals surface area contributed by atoms with Crippen molar-refractivity contribution >= 4 is 22.6 Å². The Labute approximate surface area is 190 Å². The lowest BCUT2D eigenvalue weighted by molar-refractivity contribution is -0.142. The summed E-state index contributed by atoms with van der Waals surface area (Å²) in [6, 6.07) is 21.1. The zero-order chi connectivity index (χ0) is 23.1. The Balaban J connectivity index is 1.78. The Kier molecular flexibility index (Phi) is 7.87. The summed E-state index contributed by atoms with van der Waals surface area (Å²) in [5, 5.41) is 4.99. The lowest BCUT2D eigenvalue weighted by atomic mass is 10.1. The monoisotopic (exact) mass is 432 g/mol. The number of carbonyl (C=O) groups excluding carboxylic acids is 2. The first-order valence-electron chi connectivity index (χ1n) is 11.1. The molecule has 5 heteroatoms. The molecule has 0 aliphatic rings. The van der Waals surface area contributed by atoms with E-state index in [1.54, 1.807) is 11.8 Å². The minimum absolute atomic E-state index is 0.0493. The van der Waals surface area contributed by atoms with Crippen LogP contribution < -0.4 is 10.1 Å². The molecule has 0 saturated heterocycles. The fourth-order valence-electron chi connectivity index (χ4n) is 3.48. The standard InChI is InChI=1S/C27H32N2O3/c1-5-20(3)28-27(31)21(4)29(17-22-15-13-19(2)14-16-22)26(30)18-32-25-12-8-10-23-9-6-7-11-24(23)25/h6-16,20-21H,5,17-18H2,1-4H3,(H,28,31)/t20-,21+/m0/s1. The second-order valence-electron chi connectivity index (χ2n) is 8.27. The first-order chi connectivity index (χ1) is 15.4. The molecule has 0 aromatic heterocycles. The van der Waals surface area contributed by atoms with Crippen molar-refractivity contribution in [2.45, 2.75) is 52.7 Å². The van der Waals surface area contributed by atoms with Crippen LogP contribution in [0.25, 0.3) is 10.8 Å². The zero-order valence-corrected chi connectivity index (χ0v) is 19.3. The van der Waals surface area contributed by atoms with Gasteiger partial charge in [-0.15, -0.1) is 0 Å². The van der Waals surface area contributed by atoms with E-state index in [-0.39, 0.29) is 24.5 Å². The van der Waals surface area contributed by atoms with Gasteiger partial charge in [-0.05, 0) is 44.2 Å². The van der Waals surface area contributed by atoms with E-state index >= 15 is 0 Å². The van der Waals surface area contributed by atoms with Crippen molar-refractivity contribution in [2.24, 2.45) is 0 Å². The van der Waals surface area contributed by atoms with E-state index in [0.29, 0.717) is 12.3 Å². The predicted octanol–water partition coefficient (Wildman–Crippen LogP) is 4.86. The summed E-state index contributed by atoms with van der Waals surface area (Å²) in [6.45, 7) is 7.96. The maximum absolute atomic E-state index is 13.2. The van der Waals surface area contributed by atoms with Gasteiger partial charge in [0.25, 0.3) is 5.91 Å². The van der Waals surface area contributed by atoms with E-state index in [1.165, 1.54) is 0 Å². The lowest BCUT2D eigenvalue weighted by Gasteiger charge is -2.29. The SMILES string of the molecule is CC[C@H](C)NC(=O)[C@@H](C)N(Cc1ccc(C)cc1)C(=O)COc1cccc2ccccc12. The highest BCUT2D eigenvalue weighted by atomic mass is 16.5. The van der Waals surface area contributed by atoms with Crippen LogP contribution in [0, 0.1) is 6.92 Å². The van der Waals surface area contributed by atoms with Crippen molar-refractivity contribution in [1.29, 1.82) is 0 Å². The Morgan fingerprint density at radius 2 is 1.66 bits per heavy atom. The van der Waals surface area contributed by atoms with Crippen molar-refractivity contribution in [2.75, 3.05) is 6.61 Å². The quantitative estimate of drug-likeness (QED) is 0.525. The second kappa shape index (κ2) is 10.8. The Hall–Kier alpha value is -3.34. The fourth-order valence-corrected chi connectivity index (χ4v) is 3.48. The van der Waals surface area contributed by atoms with Gasteiger partial charge < -0.3 is 15.0 Å². The van der Waals surface area contributed by atoms with Gasteiger partial charge in [0.15, 0.2) is 6.61 Å². The van der Waals surface area contributed by atoms with Crippen molar-refractivity contribution in [1.82, 2.24) is 10.2 Å². The molecular weight excluding hydrogens is 400 g/mol. The highest BCUT2D eigenvalue weighted by Gasteiger charge is 2.27. The van der Waals surface area contributed by atoms with Crippen LogP contribution >= 0.6 is 0 Å². The number of rotatable bonds is 9. The third-order valence-corrected chi connectivity index (χ3v) is 5.74. The van der Waals surface area contributed by atoms with Gasteiger partial charge in [0.05, 0.1) is 0 Å². The third-order valence-electron chi connectivity index (χ3n) is 5.74. The topological polar surface area (TPSA) is 58.6 Å². The summed E-state index contributed by atoms with van der Waals surface area (Å²) in [6.07, 6.45) is 0.828. The van der Waals surface area contributed by atoms with Gasteiger partial charge in [0.1, 0.15) is 11.8 Å². The number of fused-ring (bicyclic) bond motifs is 1. The molecule has 168 valence electrons. The van der Waals surface area contributed by atoms with Crippen LogP contribution in [0.3, 0.4) is 0 Å². The fraction of sp³-hybridized carbons (Fsp3) is 0.333. The molecule has 0 radical (unpaired) electrons. The van der Waals surface area contributed by atoms with Crippen LogP contribution in [0.5, 0.6) is 5.75 Å². The second-order valence-corrected chi connectivity index (χ2v) is 8.27. The summed E-state index contributed by atoms with van der Waals surface area (Å²) in [5.41, 5.74) is 2.12. The summed E-state index contributed by atoms with van der Waals surface area (Å²) in [4.78, 5) is 27.6. The molecule has 3 aromatic rings. The number of nitrogens with zero attached hydrogens (tertiary/aromatic N) is 1. The van der Waals surface area contributed by atoms with E-state index in [2.05, 4.69) is 5.32 Å². The third kappa shape index (κ3) is 5.88. The molecule has 2 atom stereocenters. The maximum atomic E-state index is 13.2. The average Bonchev–Trinajstić information content (AvgIpc) is 2.81. The molecule has 0 aliphatic heterocycles. The maximum Gasteiger partial charge on any atom is 0.261 e. The van der Waals surface area contributed by atoms with Crippen LogP contribution in [0.4, 0.5) is 0 Å². The number of carbonyl (C=O) groups is 2. The molecule has 0 saturated carbocycles. The Morgan fingerprint density at radius 1 is 0.969 bits per heavy atom. The van der Waals surface area contributed by atoms with Gasteiger partial charge in [-0.3, -0.25) is 9.59 Å². The Bertz CT molecular complexity index is 1060. The Morgan fingerprint density at radius 3 is 2.38 bits per heavy atom. The van der Waals surface area contributed by atoms with Gasteiger partial charge in [0, 0.05) is 18.0 Å². The highest BCUT2D eigenvalue weighted by Crippen LogP contribution is 2.25. The summed E-state index contributed by atoms with van der Waals surface area (Å²) < 4.78 is 5.93. The average molecular weight is 433 g/mol. The first kappa shape index (κ1) is 23.3. The van der Waals surface area contributed by atoms with E-state index in [4.69, 9.17) is 4.74 Å². The first-order valence-corrected chi connectivity index (χ1v) is 11.1. The molecular formula is C27H32N2O3. The number of benzene rings is 3. The minimum atomic E-state index is -0.617. The number of hydrogen-bond acceptors (Lipinski definition) is 3. The van der Waals surface area contributed by atoms with Crippen LogP contribution in [-0.4, -0.2) is 35.4 Å². The molecule has 0 unspecified atom stereocenters. The molecule has 32 heavy (non-hydrogen) atoms. The van der Waals surface area contributed by atoms with E-state index < -0.39 is 6.04 Å². The number of ether oxygens (including phenoxy) is 1. The molecule has 3 aromatic carbocycles. The molecule has 0 heterocycles. The largest absolute Gasteiger partial charge is 0.483 e. The van der Waals surface area contributed by atoms with Gasteiger partial charge in [-0.2, -0.15) is 0 Å². The molecule has 0 aliphatic carbocycles. The molecule has 1 N–H and O–H groups in total. The molecule has 0 bridgehead atoms. The molecule has 2 amide bonds. The van der Waals surface area contributed by atoms with Gasteiger partial charge in [-0.25, -0.2) is 0 Å². The smallest absolute Gasteiger partial charge is 0.261 e. The minimum Gasteiger partial charge on any atom is -0.483 e. The van der Waals surface area contributed by atoms with Crippen molar-refractivity contribution < 1.29 is 14.3 Å². The zero-order valence-electron chi connectivity index (χ0n) is 19.3. The predicted molar refractivity (Wildman–Crippen MR) is 129 cm³/mol. The van der Waals surface area contributed by atoms with Crippen LogP contribution in [-0.2, 0) is 16.1 Å². The molecule has 0 fully saturated rings. The van der Waals surface area contributed by atoms with Crippen molar-refractivity contribution in [3.63, 3.8) is 0 Å². The van der Waals surface area contributed by atoms with Crippen molar-refractivity contribution in [3.05, 3.63) is 77.9 Å². The molecule has 0 spiro atoms. The number of hydrogen-bond donors (Lipinski definition) is 1. The van der Waals surface area contributed by atoms with Crippen LogP contribution in [0.1, 0.15) is 38.3 Å². The molecule has 3 rings (SSSR count). The number of aryl methyl sites for hydroxylation is 1. The summed E-state index contributed by atoms with van der Waals surface area (Å²) in [7, 11) is 0. The summed E-state index contributed by atoms with van der Waals surface area (Å²) >= 11 is 0. The van der Waals surface area contributed by atoms with Gasteiger partial charge in [-0.1, -0.05) is 73.2 Å². The van der Waals surface area contributed by atoms with Gasteiger partial charge in [0.2, 0.25) is 5.91 Å². The van der Waals surface area contributed by atoms with Crippen LogP contribution in [0.2, 0.25) is 0 Å². The lowest BCUT2D eigenvalue weighted by Crippen LogP contribution is -2.50.